The Morgan fingerprint density at radius 2 is 0.490 bits per heavy atom. The smallest absolute Gasteiger partial charge is 0.462 e. The lowest BCUT2D eigenvalue weighted by Crippen LogP contribution is -2.30. The minimum absolute atomic E-state index is 0.0411. The Balaban J connectivity index is 5.40. The number of phosphoric acid groups is 2. The van der Waals surface area contributed by atoms with E-state index in [2.05, 4.69) is 101 Å². The summed E-state index contributed by atoms with van der Waals surface area (Å²) in [5, 5.41) is 10.7. The van der Waals surface area contributed by atoms with E-state index in [4.69, 9.17) is 37.0 Å². The third kappa shape index (κ3) is 76.4. The molecule has 2 unspecified atom stereocenters. The van der Waals surface area contributed by atoms with Crippen LogP contribution in [0.1, 0.15) is 374 Å². The van der Waals surface area contributed by atoms with E-state index in [1.165, 1.54) is 161 Å². The molecule has 104 heavy (non-hydrogen) atoms. The average Bonchev–Trinajstić information content (AvgIpc) is 0.918. The summed E-state index contributed by atoms with van der Waals surface area (Å²) in [6.07, 6.45) is 81.3. The number of hydrogen-bond donors (Lipinski definition) is 3. The van der Waals surface area contributed by atoms with Crippen molar-refractivity contribution in [3.05, 3.63) is 85.1 Å². The topological polar surface area (TPSA) is 237 Å². The van der Waals surface area contributed by atoms with Gasteiger partial charge in [-0.2, -0.15) is 0 Å². The van der Waals surface area contributed by atoms with Crippen molar-refractivity contribution in [1.82, 2.24) is 0 Å². The first-order chi connectivity index (χ1) is 50.7. The van der Waals surface area contributed by atoms with Crippen molar-refractivity contribution < 1.29 is 80.2 Å². The summed E-state index contributed by atoms with van der Waals surface area (Å²) in [5.41, 5.74) is 0. The fourth-order valence-corrected chi connectivity index (χ4v) is 13.0. The molecule has 0 aliphatic rings. The van der Waals surface area contributed by atoms with Gasteiger partial charge in [0.15, 0.2) is 12.2 Å². The van der Waals surface area contributed by atoms with Crippen LogP contribution in [0.5, 0.6) is 0 Å². The summed E-state index contributed by atoms with van der Waals surface area (Å²) in [6, 6.07) is 0. The van der Waals surface area contributed by atoms with Gasteiger partial charge in [0.25, 0.3) is 0 Å². The second-order valence-corrected chi connectivity index (χ2v) is 31.0. The van der Waals surface area contributed by atoms with Crippen LogP contribution < -0.4 is 0 Å². The number of aliphatic hydroxyl groups is 1. The van der Waals surface area contributed by atoms with E-state index in [0.29, 0.717) is 32.1 Å². The Morgan fingerprint density at radius 3 is 0.817 bits per heavy atom. The van der Waals surface area contributed by atoms with Crippen molar-refractivity contribution in [1.29, 1.82) is 0 Å². The van der Waals surface area contributed by atoms with Crippen molar-refractivity contribution in [2.24, 2.45) is 0 Å². The quantitative estimate of drug-likeness (QED) is 0.0169. The van der Waals surface area contributed by atoms with Crippen LogP contribution in [0.2, 0.25) is 0 Å². The molecule has 0 spiro atoms. The van der Waals surface area contributed by atoms with Gasteiger partial charge in [-0.25, -0.2) is 9.13 Å². The molecule has 0 heterocycles. The second kappa shape index (κ2) is 77.4. The predicted molar refractivity (Wildman–Crippen MR) is 427 cm³/mol. The summed E-state index contributed by atoms with van der Waals surface area (Å²) in [4.78, 5) is 73.1. The summed E-state index contributed by atoms with van der Waals surface area (Å²) in [6.45, 7) is 4.81. The van der Waals surface area contributed by atoms with Gasteiger partial charge < -0.3 is 33.8 Å². The SMILES string of the molecule is CCCCC/C=C\C/C=C\C/C=C\C/C=C\C/C=C\CCC(=O)OC[C@H](COP(=O)(O)OC[C@@H](O)COP(=O)(O)OC[C@@H](COC(=O)CCCCCCCCC/C=C\CCCCCC)OC(=O)CCCCCCC/C=C\CCCCCCCC)OC(=O)CCCCCCCCCCCCCCCCC. The highest BCUT2D eigenvalue weighted by Crippen LogP contribution is 2.45. The maximum Gasteiger partial charge on any atom is 0.472 e. The molecule has 0 rings (SSSR count). The van der Waals surface area contributed by atoms with Gasteiger partial charge in [0.1, 0.15) is 19.3 Å². The first-order valence-electron chi connectivity index (χ1n) is 41.8. The van der Waals surface area contributed by atoms with Gasteiger partial charge in [-0.15, -0.1) is 0 Å². The number of esters is 4. The van der Waals surface area contributed by atoms with Crippen LogP contribution in [0.25, 0.3) is 0 Å². The van der Waals surface area contributed by atoms with Crippen LogP contribution in [0, 0.1) is 0 Å². The van der Waals surface area contributed by atoms with E-state index in [-0.39, 0.29) is 25.7 Å². The van der Waals surface area contributed by atoms with Crippen LogP contribution in [-0.4, -0.2) is 96.7 Å². The van der Waals surface area contributed by atoms with E-state index in [1.807, 2.05) is 12.2 Å². The molecule has 0 bridgehead atoms. The molecule has 0 amide bonds. The molecule has 0 fully saturated rings. The van der Waals surface area contributed by atoms with E-state index in [1.54, 1.807) is 0 Å². The van der Waals surface area contributed by atoms with E-state index in [9.17, 15) is 43.2 Å². The molecule has 0 aromatic rings. The number of rotatable bonds is 79. The molecule has 19 heteroatoms. The second-order valence-electron chi connectivity index (χ2n) is 28.1. The lowest BCUT2D eigenvalue weighted by molar-refractivity contribution is -0.161. The summed E-state index contributed by atoms with van der Waals surface area (Å²) in [7, 11) is -9.97. The third-order valence-electron chi connectivity index (χ3n) is 17.8. The van der Waals surface area contributed by atoms with Gasteiger partial charge in [-0.1, -0.05) is 318 Å². The maximum atomic E-state index is 13.1. The molecule has 5 atom stereocenters. The number of allylic oxidation sites excluding steroid dienone is 14. The summed E-state index contributed by atoms with van der Waals surface area (Å²) in [5.74, 6) is -2.26. The number of carbonyl (C=O) groups excluding carboxylic acids is 4. The Kier molecular flexibility index (Phi) is 74.6. The molecule has 0 aromatic heterocycles. The van der Waals surface area contributed by atoms with Gasteiger partial charge in [-0.05, 0) is 116 Å². The number of carbonyl (C=O) groups is 4. The molecule has 3 N–H and O–H groups in total. The average molecular weight is 1510 g/mol. The van der Waals surface area contributed by atoms with Crippen molar-refractivity contribution in [2.75, 3.05) is 39.6 Å². The molecule has 0 aliphatic carbocycles. The van der Waals surface area contributed by atoms with Crippen LogP contribution in [0.3, 0.4) is 0 Å². The highest BCUT2D eigenvalue weighted by molar-refractivity contribution is 7.47. The molecular formula is C85H152O17P2. The highest BCUT2D eigenvalue weighted by Gasteiger charge is 2.30. The van der Waals surface area contributed by atoms with Crippen molar-refractivity contribution in [2.45, 2.75) is 393 Å². The van der Waals surface area contributed by atoms with Crippen molar-refractivity contribution >= 4 is 39.5 Å². The first kappa shape index (κ1) is 100. The summed E-state index contributed by atoms with van der Waals surface area (Å²) < 4.78 is 68.6. The van der Waals surface area contributed by atoms with Crippen LogP contribution in [0.15, 0.2) is 85.1 Å². The minimum atomic E-state index is -4.99. The fourth-order valence-electron chi connectivity index (χ4n) is 11.4. The lowest BCUT2D eigenvalue weighted by atomic mass is 10.0. The number of phosphoric ester groups is 2. The maximum absolute atomic E-state index is 13.1. The van der Waals surface area contributed by atoms with Gasteiger partial charge in [0, 0.05) is 25.7 Å². The van der Waals surface area contributed by atoms with E-state index >= 15 is 0 Å². The first-order valence-corrected chi connectivity index (χ1v) is 44.8. The van der Waals surface area contributed by atoms with Gasteiger partial charge in [0.05, 0.1) is 26.4 Å². The number of aliphatic hydroxyl groups excluding tert-OH is 1. The number of hydrogen-bond acceptors (Lipinski definition) is 15. The zero-order chi connectivity index (χ0) is 76.0. The van der Waals surface area contributed by atoms with Gasteiger partial charge in [0.2, 0.25) is 0 Å². The van der Waals surface area contributed by atoms with E-state index in [0.717, 1.165) is 128 Å². The molecule has 604 valence electrons. The van der Waals surface area contributed by atoms with Crippen LogP contribution in [0.4, 0.5) is 0 Å². The monoisotopic (exact) mass is 1510 g/mol. The van der Waals surface area contributed by atoms with Crippen molar-refractivity contribution in [3.63, 3.8) is 0 Å². The zero-order valence-corrected chi connectivity index (χ0v) is 68.0. The molecular weight excluding hydrogens is 1350 g/mol. The molecule has 0 saturated heterocycles. The highest BCUT2D eigenvalue weighted by atomic mass is 31.2. The molecule has 0 radical (unpaired) electrons. The Labute approximate surface area is 634 Å². The standard InChI is InChI=1S/C85H152O17P2/c1-5-9-13-17-21-25-29-33-37-38-39-40-44-46-50-54-58-62-66-70-83(88)96-76-81(102-85(90)72-68-64-60-56-52-48-43-36-32-28-24-20-16-12-8-4)78-100-104(93,94)98-74-79(86)73-97-103(91,92)99-77-80(101-84(89)71-67-63-59-55-51-47-42-35-31-27-23-19-15-11-7-3)75-95-82(87)69-65-61-57-53-49-45-41-34-30-26-22-18-14-10-6-2/h21,25-26,30,33,35,37,39-40,42,46,50,58,62,79-81,86H,5-20,22-24,27-29,31-32,34,36,38,41,43-45,47-49,51-57,59-61,63-78H2,1-4H3,(H,91,92)(H,93,94)/b25-21-,30-26-,37-33-,40-39-,42-35-,50-46-,62-58-/t79-,80+,81+/m0/s1. The third-order valence-corrected chi connectivity index (χ3v) is 19.7. The molecule has 17 nitrogen and oxygen atoms in total. The number of unbranched alkanes of at least 4 members (excludes halogenated alkanes) is 39. The fraction of sp³-hybridized carbons (Fsp3) is 0.788. The van der Waals surface area contributed by atoms with Crippen LogP contribution >= 0.6 is 15.6 Å². The van der Waals surface area contributed by atoms with Gasteiger partial charge >= 0.3 is 39.5 Å². The van der Waals surface area contributed by atoms with Gasteiger partial charge in [-0.3, -0.25) is 37.3 Å². The Bertz CT molecular complexity index is 2300. The predicted octanol–water partition coefficient (Wildman–Crippen LogP) is 24.6. The van der Waals surface area contributed by atoms with E-state index < -0.39 is 97.5 Å². The van der Waals surface area contributed by atoms with Crippen LogP contribution in [-0.2, 0) is 65.4 Å². The molecule has 0 saturated carbocycles. The largest absolute Gasteiger partial charge is 0.472 e. The normalized spacial score (nSPS) is 14.3. The minimum Gasteiger partial charge on any atom is -0.462 e. The molecule has 0 aromatic carbocycles. The Morgan fingerprint density at radius 1 is 0.269 bits per heavy atom. The zero-order valence-electron chi connectivity index (χ0n) is 66.2. The molecule has 0 aliphatic heterocycles. The summed E-state index contributed by atoms with van der Waals surface area (Å²) >= 11 is 0. The Hall–Kier alpha value is -3.76. The lowest BCUT2D eigenvalue weighted by Gasteiger charge is -2.21. The number of ether oxygens (including phenoxy) is 4. The van der Waals surface area contributed by atoms with Crippen molar-refractivity contribution in [3.8, 4) is 0 Å².